The highest BCUT2D eigenvalue weighted by Gasteiger charge is 2.10. The summed E-state index contributed by atoms with van der Waals surface area (Å²) in [6, 6.07) is 18.4. The van der Waals surface area contributed by atoms with Crippen molar-refractivity contribution in [1.29, 1.82) is 0 Å². The third-order valence-electron chi connectivity index (χ3n) is 4.79. The molecule has 0 aliphatic carbocycles. The van der Waals surface area contributed by atoms with Crippen LogP contribution in [0, 0.1) is 0 Å². The highest BCUT2D eigenvalue weighted by atomic mass is 16.2. The summed E-state index contributed by atoms with van der Waals surface area (Å²) in [5.41, 5.74) is 3.19. The summed E-state index contributed by atoms with van der Waals surface area (Å²) in [6.45, 7) is 3.80. The lowest BCUT2D eigenvalue weighted by atomic mass is 9.97. The minimum Gasteiger partial charge on any atom is -0.356 e. The van der Waals surface area contributed by atoms with Crippen molar-refractivity contribution in [1.82, 2.24) is 15.5 Å². The number of aliphatic imine (C=N–C) groups is 1. The van der Waals surface area contributed by atoms with E-state index in [0.29, 0.717) is 5.92 Å². The second-order valence-corrected chi connectivity index (χ2v) is 7.05. The van der Waals surface area contributed by atoms with Crippen molar-refractivity contribution in [2.24, 2.45) is 4.99 Å². The predicted octanol–water partition coefficient (Wildman–Crippen LogP) is 3.29. The Kier molecular flexibility index (Phi) is 8.53. The molecule has 2 aromatic carbocycles. The number of hydrogen-bond acceptors (Lipinski definition) is 2. The molecule has 1 amide bonds. The molecule has 0 aliphatic heterocycles. The van der Waals surface area contributed by atoms with Gasteiger partial charge in [-0.25, -0.2) is 0 Å². The van der Waals surface area contributed by atoms with Crippen molar-refractivity contribution in [3.63, 3.8) is 0 Å². The van der Waals surface area contributed by atoms with Crippen molar-refractivity contribution in [2.45, 2.75) is 25.7 Å². The summed E-state index contributed by atoms with van der Waals surface area (Å²) < 4.78 is 0. The van der Waals surface area contributed by atoms with E-state index in [1.807, 2.05) is 30.3 Å². The average Bonchev–Trinajstić information content (AvgIpc) is 2.73. The molecular weight excluding hydrogens is 348 g/mol. The Labute approximate surface area is 168 Å². The van der Waals surface area contributed by atoms with E-state index in [9.17, 15) is 4.79 Å². The van der Waals surface area contributed by atoms with Crippen molar-refractivity contribution >= 4 is 11.9 Å². The molecule has 0 saturated carbocycles. The molecule has 0 aromatic heterocycles. The fourth-order valence-electron chi connectivity index (χ4n) is 3.11. The second-order valence-electron chi connectivity index (χ2n) is 7.05. The summed E-state index contributed by atoms with van der Waals surface area (Å²) in [6.07, 6.45) is 1.89. The number of amides is 1. The number of nitrogens with one attached hydrogen (secondary N) is 2. The van der Waals surface area contributed by atoms with Crippen LogP contribution in [0.1, 0.15) is 40.7 Å². The number of nitrogens with zero attached hydrogens (tertiary/aromatic N) is 2. The smallest absolute Gasteiger partial charge is 0.253 e. The van der Waals surface area contributed by atoms with Crippen LogP contribution in [0.25, 0.3) is 0 Å². The lowest BCUT2D eigenvalue weighted by Gasteiger charge is -2.18. The Hall–Kier alpha value is -2.82. The van der Waals surface area contributed by atoms with Crippen LogP contribution < -0.4 is 10.6 Å². The monoisotopic (exact) mass is 380 g/mol. The van der Waals surface area contributed by atoms with Gasteiger partial charge in [0.15, 0.2) is 5.96 Å². The van der Waals surface area contributed by atoms with Gasteiger partial charge in [0.1, 0.15) is 0 Å². The summed E-state index contributed by atoms with van der Waals surface area (Å²) in [5, 5.41) is 6.79. The van der Waals surface area contributed by atoms with E-state index < -0.39 is 0 Å². The maximum Gasteiger partial charge on any atom is 0.253 e. The number of guanidine groups is 1. The molecule has 2 aromatic rings. The summed E-state index contributed by atoms with van der Waals surface area (Å²) in [7, 11) is 5.33. The first kappa shape index (κ1) is 21.5. The zero-order chi connectivity index (χ0) is 20.4. The van der Waals surface area contributed by atoms with Gasteiger partial charge in [-0.05, 0) is 36.1 Å². The Morgan fingerprint density at radius 1 is 1.07 bits per heavy atom. The van der Waals surface area contributed by atoms with Gasteiger partial charge in [0.25, 0.3) is 5.91 Å². The van der Waals surface area contributed by atoms with Crippen LogP contribution in [0.3, 0.4) is 0 Å². The van der Waals surface area contributed by atoms with Crippen LogP contribution in [0.5, 0.6) is 0 Å². The topological polar surface area (TPSA) is 56.7 Å². The number of hydrogen-bond donors (Lipinski definition) is 2. The number of rotatable bonds is 8. The molecule has 28 heavy (non-hydrogen) atoms. The van der Waals surface area contributed by atoms with Crippen LogP contribution in [-0.2, 0) is 6.42 Å². The number of carbonyl (C=O) groups is 1. The summed E-state index contributed by atoms with van der Waals surface area (Å²) >= 11 is 0. The molecule has 2 rings (SSSR count). The summed E-state index contributed by atoms with van der Waals surface area (Å²) in [5.74, 6) is 1.28. The van der Waals surface area contributed by atoms with E-state index in [4.69, 9.17) is 0 Å². The molecule has 5 nitrogen and oxygen atoms in total. The third kappa shape index (κ3) is 6.41. The van der Waals surface area contributed by atoms with Crippen molar-refractivity contribution < 1.29 is 4.79 Å². The fraction of sp³-hybridized carbons (Fsp3) is 0.391. The lowest BCUT2D eigenvalue weighted by molar-refractivity contribution is 0.0827. The maximum atomic E-state index is 12.1. The fourth-order valence-corrected chi connectivity index (χ4v) is 3.11. The van der Waals surface area contributed by atoms with Crippen LogP contribution >= 0.6 is 0 Å². The molecule has 0 spiro atoms. The zero-order valence-electron chi connectivity index (χ0n) is 17.4. The van der Waals surface area contributed by atoms with Crippen molar-refractivity contribution in [2.75, 3.05) is 34.2 Å². The molecule has 0 saturated heterocycles. The highest BCUT2D eigenvalue weighted by molar-refractivity contribution is 5.94. The van der Waals surface area contributed by atoms with Gasteiger partial charge in [0.2, 0.25) is 0 Å². The first-order valence-electron chi connectivity index (χ1n) is 9.85. The van der Waals surface area contributed by atoms with Crippen LogP contribution in [0.2, 0.25) is 0 Å². The molecule has 0 fully saturated rings. The van der Waals surface area contributed by atoms with Gasteiger partial charge in [-0.15, -0.1) is 0 Å². The number of benzene rings is 2. The second kappa shape index (κ2) is 11.1. The molecule has 2 N–H and O–H groups in total. The standard InChI is InChI=1S/C23H32N4O/c1-5-19(20-11-7-6-8-12-20)17-26-23(24-2)25-15-14-18-10-9-13-21(16-18)22(28)27(3)4/h6-13,16,19H,5,14-15,17H2,1-4H3,(H2,24,25,26). The van der Waals surface area contributed by atoms with Crippen molar-refractivity contribution in [3.05, 3.63) is 71.3 Å². The normalized spacial score (nSPS) is 12.4. The average molecular weight is 381 g/mol. The first-order valence-corrected chi connectivity index (χ1v) is 9.85. The van der Waals surface area contributed by atoms with Gasteiger partial charge in [-0.1, -0.05) is 49.4 Å². The molecule has 1 atom stereocenters. The molecule has 5 heteroatoms. The Morgan fingerprint density at radius 3 is 2.46 bits per heavy atom. The lowest BCUT2D eigenvalue weighted by Crippen LogP contribution is -2.40. The molecule has 0 radical (unpaired) electrons. The molecule has 0 bridgehead atoms. The van der Waals surface area contributed by atoms with E-state index in [-0.39, 0.29) is 5.91 Å². The van der Waals surface area contributed by atoms with Gasteiger partial charge < -0.3 is 15.5 Å². The maximum absolute atomic E-state index is 12.1. The largest absolute Gasteiger partial charge is 0.356 e. The molecule has 0 aliphatic rings. The van der Waals surface area contributed by atoms with Crippen LogP contribution in [0.4, 0.5) is 0 Å². The minimum absolute atomic E-state index is 0.0267. The Balaban J connectivity index is 1.84. The van der Waals surface area contributed by atoms with E-state index in [2.05, 4.69) is 46.8 Å². The first-order chi connectivity index (χ1) is 13.5. The van der Waals surface area contributed by atoms with Gasteiger partial charge >= 0.3 is 0 Å². The van der Waals surface area contributed by atoms with Crippen molar-refractivity contribution in [3.8, 4) is 0 Å². The molecule has 150 valence electrons. The Morgan fingerprint density at radius 2 is 1.82 bits per heavy atom. The highest BCUT2D eigenvalue weighted by Crippen LogP contribution is 2.17. The number of carbonyl (C=O) groups excluding carboxylic acids is 1. The van der Waals surface area contributed by atoms with Gasteiger partial charge in [0, 0.05) is 45.7 Å². The quantitative estimate of drug-likeness (QED) is 0.546. The minimum atomic E-state index is 0.0267. The predicted molar refractivity (Wildman–Crippen MR) is 117 cm³/mol. The van der Waals surface area contributed by atoms with Gasteiger partial charge in [-0.3, -0.25) is 9.79 Å². The Bertz CT molecular complexity index is 771. The SMILES string of the molecule is CCC(CNC(=NC)NCCc1cccc(C(=O)N(C)C)c1)c1ccccc1. The molecule has 0 heterocycles. The van der Waals surface area contributed by atoms with Gasteiger partial charge in [0.05, 0.1) is 0 Å². The van der Waals surface area contributed by atoms with E-state index >= 15 is 0 Å². The summed E-state index contributed by atoms with van der Waals surface area (Å²) in [4.78, 5) is 18.0. The zero-order valence-corrected chi connectivity index (χ0v) is 17.4. The van der Waals surface area contributed by atoms with E-state index in [1.54, 1.807) is 26.0 Å². The molecule has 1 unspecified atom stereocenters. The van der Waals surface area contributed by atoms with E-state index in [0.717, 1.165) is 43.0 Å². The van der Waals surface area contributed by atoms with E-state index in [1.165, 1.54) is 5.56 Å². The molecular formula is C23H32N4O. The van der Waals surface area contributed by atoms with Crippen LogP contribution in [-0.4, -0.2) is 51.0 Å². The third-order valence-corrected chi connectivity index (χ3v) is 4.79. The van der Waals surface area contributed by atoms with Gasteiger partial charge in [-0.2, -0.15) is 0 Å². The van der Waals surface area contributed by atoms with Crippen LogP contribution in [0.15, 0.2) is 59.6 Å².